The molecule has 33 heavy (non-hydrogen) atoms. The Morgan fingerprint density at radius 1 is 1.09 bits per heavy atom. The van der Waals surface area contributed by atoms with E-state index in [-0.39, 0.29) is 11.3 Å². The van der Waals surface area contributed by atoms with Crippen molar-refractivity contribution < 1.29 is 22.4 Å². The van der Waals surface area contributed by atoms with E-state index in [2.05, 4.69) is 31.4 Å². The largest absolute Gasteiger partial charge is 0.457 e. The summed E-state index contributed by atoms with van der Waals surface area (Å²) < 4.78 is 45.1. The molecule has 1 aromatic carbocycles. The third kappa shape index (κ3) is 4.05. The summed E-state index contributed by atoms with van der Waals surface area (Å²) in [5.41, 5.74) is 1.68. The summed E-state index contributed by atoms with van der Waals surface area (Å²) in [5, 5.41) is 7.15. The molecule has 5 rings (SSSR count). The molecule has 2 atom stereocenters. The van der Waals surface area contributed by atoms with Gasteiger partial charge in [0.15, 0.2) is 6.17 Å². The van der Waals surface area contributed by atoms with Crippen molar-refractivity contribution in [1.29, 1.82) is 0 Å². The van der Waals surface area contributed by atoms with E-state index in [1.54, 1.807) is 29.5 Å². The van der Waals surface area contributed by atoms with Gasteiger partial charge in [0.05, 0.1) is 11.1 Å². The molecule has 0 fully saturated rings. The minimum absolute atomic E-state index is 0.141. The Balaban J connectivity index is 1.40. The van der Waals surface area contributed by atoms with Gasteiger partial charge in [0.25, 0.3) is 5.91 Å². The fourth-order valence-corrected chi connectivity index (χ4v) is 6.04. The second-order valence-electron chi connectivity index (χ2n) is 9.85. The van der Waals surface area contributed by atoms with Gasteiger partial charge < -0.3 is 15.1 Å². The van der Waals surface area contributed by atoms with Crippen LogP contribution in [0.4, 0.5) is 18.2 Å². The number of halogens is 3. The second kappa shape index (κ2) is 7.65. The molecule has 2 N–H and O–H groups in total. The SMILES string of the molecule is CC(C)(C)[C@@H]1CCc2c(sc3c2C(=O)N[C@@H](c2ccc(-c4cccc(C(F)(F)F)c4)o2)N3)C1. The molecule has 0 spiro atoms. The molecule has 3 heterocycles. The first kappa shape index (κ1) is 22.1. The highest BCUT2D eigenvalue weighted by Gasteiger charge is 2.37. The van der Waals surface area contributed by atoms with E-state index >= 15 is 0 Å². The molecule has 1 amide bonds. The second-order valence-corrected chi connectivity index (χ2v) is 11.0. The van der Waals surface area contributed by atoms with Crippen LogP contribution in [0.1, 0.15) is 65.5 Å². The van der Waals surface area contributed by atoms with Crippen molar-refractivity contribution in [3.63, 3.8) is 0 Å². The number of carbonyl (C=O) groups is 1. The van der Waals surface area contributed by atoms with Gasteiger partial charge in [0.2, 0.25) is 0 Å². The number of carbonyl (C=O) groups excluding carboxylic acids is 1. The number of hydrogen-bond donors (Lipinski definition) is 2. The number of furan rings is 1. The van der Waals surface area contributed by atoms with Crippen molar-refractivity contribution in [3.8, 4) is 11.3 Å². The van der Waals surface area contributed by atoms with E-state index < -0.39 is 17.9 Å². The lowest BCUT2D eigenvalue weighted by atomic mass is 9.72. The van der Waals surface area contributed by atoms with Crippen molar-refractivity contribution in [2.75, 3.05) is 5.32 Å². The Labute approximate surface area is 194 Å². The zero-order chi connectivity index (χ0) is 23.5. The third-order valence-electron chi connectivity index (χ3n) is 6.65. The number of fused-ring (bicyclic) bond motifs is 3. The zero-order valence-corrected chi connectivity index (χ0v) is 19.4. The molecule has 0 saturated carbocycles. The van der Waals surface area contributed by atoms with Gasteiger partial charge >= 0.3 is 6.18 Å². The van der Waals surface area contributed by atoms with Gasteiger partial charge in [-0.25, -0.2) is 0 Å². The molecule has 2 aliphatic rings. The summed E-state index contributed by atoms with van der Waals surface area (Å²) in [4.78, 5) is 14.3. The van der Waals surface area contributed by atoms with Crippen LogP contribution in [0.3, 0.4) is 0 Å². The van der Waals surface area contributed by atoms with Gasteiger partial charge in [-0.1, -0.05) is 32.9 Å². The van der Waals surface area contributed by atoms with E-state index in [0.717, 1.165) is 47.5 Å². The molecule has 0 saturated heterocycles. The highest BCUT2D eigenvalue weighted by atomic mass is 32.1. The summed E-state index contributed by atoms with van der Waals surface area (Å²) in [6.45, 7) is 6.78. The molecule has 3 aromatic rings. The van der Waals surface area contributed by atoms with Crippen LogP contribution in [-0.4, -0.2) is 5.91 Å². The van der Waals surface area contributed by atoms with Crippen LogP contribution < -0.4 is 10.6 Å². The van der Waals surface area contributed by atoms with E-state index in [9.17, 15) is 18.0 Å². The van der Waals surface area contributed by atoms with Crippen LogP contribution in [-0.2, 0) is 19.0 Å². The topological polar surface area (TPSA) is 54.3 Å². The van der Waals surface area contributed by atoms with Gasteiger partial charge in [-0.3, -0.25) is 4.79 Å². The Bertz CT molecular complexity index is 1220. The summed E-state index contributed by atoms with van der Waals surface area (Å²) in [5.74, 6) is 1.19. The van der Waals surface area contributed by atoms with Crippen LogP contribution in [0.5, 0.6) is 0 Å². The first-order valence-corrected chi connectivity index (χ1v) is 11.8. The molecule has 2 aromatic heterocycles. The molecular formula is C25H25F3N2O2S. The minimum Gasteiger partial charge on any atom is -0.457 e. The van der Waals surface area contributed by atoms with Crippen molar-refractivity contribution in [2.45, 2.75) is 52.4 Å². The number of anilines is 1. The van der Waals surface area contributed by atoms with Gasteiger partial charge in [-0.15, -0.1) is 11.3 Å². The van der Waals surface area contributed by atoms with Crippen molar-refractivity contribution in [3.05, 3.63) is 63.7 Å². The predicted molar refractivity (Wildman–Crippen MR) is 122 cm³/mol. The first-order chi connectivity index (χ1) is 15.5. The molecule has 1 aliphatic heterocycles. The molecule has 0 unspecified atom stereocenters. The van der Waals surface area contributed by atoms with E-state index in [0.29, 0.717) is 23.0 Å². The van der Waals surface area contributed by atoms with E-state index in [1.165, 1.54) is 10.9 Å². The van der Waals surface area contributed by atoms with Crippen molar-refractivity contribution >= 4 is 22.2 Å². The summed E-state index contributed by atoms with van der Waals surface area (Å²) in [6.07, 6.45) is -2.08. The van der Waals surface area contributed by atoms with Crippen LogP contribution in [0.25, 0.3) is 11.3 Å². The third-order valence-corrected chi connectivity index (χ3v) is 7.84. The van der Waals surface area contributed by atoms with Crippen LogP contribution >= 0.6 is 11.3 Å². The fourth-order valence-electron chi connectivity index (χ4n) is 4.69. The number of amides is 1. The average Bonchev–Trinajstić information content (AvgIpc) is 3.37. The van der Waals surface area contributed by atoms with Gasteiger partial charge in [-0.2, -0.15) is 13.2 Å². The molecule has 8 heteroatoms. The summed E-state index contributed by atoms with van der Waals surface area (Å²) in [6, 6.07) is 8.33. The van der Waals surface area contributed by atoms with E-state index in [1.807, 2.05) is 0 Å². The number of benzene rings is 1. The monoisotopic (exact) mass is 474 g/mol. The maximum absolute atomic E-state index is 13.1. The maximum Gasteiger partial charge on any atom is 0.416 e. The van der Waals surface area contributed by atoms with Crippen molar-refractivity contribution in [1.82, 2.24) is 5.32 Å². The number of nitrogens with one attached hydrogen (secondary N) is 2. The van der Waals surface area contributed by atoms with E-state index in [4.69, 9.17) is 4.42 Å². The Morgan fingerprint density at radius 3 is 2.61 bits per heavy atom. The maximum atomic E-state index is 13.1. The normalized spacial score (nSPS) is 20.6. The lowest BCUT2D eigenvalue weighted by Gasteiger charge is -2.34. The molecule has 0 radical (unpaired) electrons. The van der Waals surface area contributed by atoms with Gasteiger partial charge in [0, 0.05) is 10.4 Å². The van der Waals surface area contributed by atoms with Gasteiger partial charge in [-0.05, 0) is 60.4 Å². The summed E-state index contributed by atoms with van der Waals surface area (Å²) >= 11 is 1.63. The number of alkyl halides is 3. The first-order valence-electron chi connectivity index (χ1n) is 11.0. The molecule has 4 nitrogen and oxygen atoms in total. The number of rotatable bonds is 2. The average molecular weight is 475 g/mol. The Kier molecular flexibility index (Phi) is 5.12. The molecule has 174 valence electrons. The van der Waals surface area contributed by atoms with Crippen LogP contribution in [0, 0.1) is 11.3 Å². The van der Waals surface area contributed by atoms with Gasteiger partial charge in [0.1, 0.15) is 16.5 Å². The number of thiophene rings is 1. The molecular weight excluding hydrogens is 449 g/mol. The predicted octanol–water partition coefficient (Wildman–Crippen LogP) is 7.03. The fraction of sp³-hybridized carbons (Fsp3) is 0.400. The van der Waals surface area contributed by atoms with Crippen LogP contribution in [0.15, 0.2) is 40.8 Å². The molecule has 1 aliphatic carbocycles. The Morgan fingerprint density at radius 2 is 1.88 bits per heavy atom. The zero-order valence-electron chi connectivity index (χ0n) is 18.6. The lowest BCUT2D eigenvalue weighted by molar-refractivity contribution is -0.137. The quantitative estimate of drug-likeness (QED) is 0.419. The number of hydrogen-bond acceptors (Lipinski definition) is 4. The van der Waals surface area contributed by atoms with Crippen molar-refractivity contribution in [2.24, 2.45) is 11.3 Å². The van der Waals surface area contributed by atoms with Crippen LogP contribution in [0.2, 0.25) is 0 Å². The molecule has 0 bridgehead atoms. The highest BCUT2D eigenvalue weighted by Crippen LogP contribution is 2.46. The lowest BCUT2D eigenvalue weighted by Crippen LogP contribution is -2.38. The minimum atomic E-state index is -4.43. The summed E-state index contributed by atoms with van der Waals surface area (Å²) in [7, 11) is 0. The highest BCUT2D eigenvalue weighted by molar-refractivity contribution is 7.16. The standard InChI is InChI=1S/C25H25F3N2O2S/c1-24(2,3)14-7-8-16-19(12-14)33-23-20(16)22(31)29-21(30-23)18-10-9-17(32-18)13-5-4-6-15(11-13)25(26,27)28/h4-6,9-11,14,21,30H,7-8,12H2,1-3H3,(H,29,31)/t14-,21-/m1/s1. The Hall–Kier alpha value is -2.74. The smallest absolute Gasteiger partial charge is 0.416 e.